The van der Waals surface area contributed by atoms with Crippen molar-refractivity contribution in [3.8, 4) is 0 Å². The second-order valence-electron chi connectivity index (χ2n) is 6.87. The summed E-state index contributed by atoms with van der Waals surface area (Å²) in [4.78, 5) is 28.5. The summed E-state index contributed by atoms with van der Waals surface area (Å²) in [6.45, 7) is 5.43. The van der Waals surface area contributed by atoms with Crippen molar-refractivity contribution in [2.75, 3.05) is 39.8 Å². The lowest BCUT2D eigenvalue weighted by atomic mass is 9.86. The van der Waals surface area contributed by atoms with E-state index >= 15 is 0 Å². The van der Waals surface area contributed by atoms with Crippen LogP contribution in [0.3, 0.4) is 0 Å². The quantitative estimate of drug-likeness (QED) is 0.828. The van der Waals surface area contributed by atoms with Crippen molar-refractivity contribution in [1.29, 1.82) is 0 Å². The van der Waals surface area contributed by atoms with Gasteiger partial charge >= 0.3 is 0 Å². The normalized spacial score (nSPS) is 20.8. The number of hydrogen-bond acceptors (Lipinski definition) is 3. The molecule has 1 aliphatic carbocycles. The van der Waals surface area contributed by atoms with Gasteiger partial charge < -0.3 is 15.1 Å². The van der Waals surface area contributed by atoms with Crippen LogP contribution in [0.25, 0.3) is 0 Å². The van der Waals surface area contributed by atoms with Gasteiger partial charge in [0.15, 0.2) is 0 Å². The second-order valence-corrected chi connectivity index (χ2v) is 6.87. The second kappa shape index (κ2) is 10.1. The number of halogens is 1. The Labute approximate surface area is 146 Å². The van der Waals surface area contributed by atoms with Crippen LogP contribution in [0.1, 0.15) is 45.4 Å². The molecule has 1 atom stereocenters. The third-order valence-electron chi connectivity index (χ3n) is 5.06. The Morgan fingerprint density at radius 1 is 1.04 bits per heavy atom. The smallest absolute Gasteiger partial charge is 0.226 e. The number of amides is 2. The maximum absolute atomic E-state index is 12.4. The molecule has 2 aliphatic rings. The lowest BCUT2D eigenvalue weighted by molar-refractivity contribution is -0.142. The first-order valence-electron chi connectivity index (χ1n) is 8.83. The number of rotatable bonds is 5. The predicted molar refractivity (Wildman–Crippen MR) is 94.7 cm³/mol. The number of hydrogen-bond donors (Lipinski definition) is 1. The van der Waals surface area contributed by atoms with E-state index in [1.54, 1.807) is 0 Å². The topological polar surface area (TPSA) is 52.7 Å². The Balaban J connectivity index is 0.00000264. The van der Waals surface area contributed by atoms with Crippen molar-refractivity contribution >= 4 is 24.2 Å². The molecule has 0 aromatic rings. The zero-order chi connectivity index (χ0) is 15.9. The molecule has 1 saturated carbocycles. The average molecular weight is 346 g/mol. The molecule has 1 unspecified atom stereocenters. The molecule has 0 bridgehead atoms. The first-order chi connectivity index (χ1) is 10.6. The average Bonchev–Trinajstić information content (AvgIpc) is 2.55. The van der Waals surface area contributed by atoms with Crippen molar-refractivity contribution < 1.29 is 9.59 Å². The van der Waals surface area contributed by atoms with E-state index in [0.717, 1.165) is 0 Å². The fourth-order valence-electron chi connectivity index (χ4n) is 3.65. The third kappa shape index (κ3) is 5.96. The Hall–Kier alpha value is -0.810. The summed E-state index contributed by atoms with van der Waals surface area (Å²) in [5.41, 5.74) is 0. The van der Waals surface area contributed by atoms with Gasteiger partial charge in [0.25, 0.3) is 0 Å². The van der Waals surface area contributed by atoms with E-state index in [1.165, 1.54) is 32.1 Å². The molecule has 1 aliphatic heterocycles. The maximum atomic E-state index is 12.4. The lowest BCUT2D eigenvalue weighted by Gasteiger charge is -2.36. The molecule has 2 amide bonds. The molecule has 0 aromatic heterocycles. The van der Waals surface area contributed by atoms with Crippen LogP contribution in [-0.2, 0) is 9.59 Å². The Kier molecular flexibility index (Phi) is 8.92. The van der Waals surface area contributed by atoms with Gasteiger partial charge in [-0.15, -0.1) is 12.4 Å². The van der Waals surface area contributed by atoms with Crippen LogP contribution in [0, 0.1) is 11.8 Å². The van der Waals surface area contributed by atoms with Crippen LogP contribution >= 0.6 is 12.4 Å². The summed E-state index contributed by atoms with van der Waals surface area (Å²) in [6, 6.07) is 0. The van der Waals surface area contributed by atoms with Gasteiger partial charge in [-0.3, -0.25) is 9.59 Å². The van der Waals surface area contributed by atoms with Crippen molar-refractivity contribution in [3.63, 3.8) is 0 Å². The summed E-state index contributed by atoms with van der Waals surface area (Å²) in [5, 5.41) is 3.05. The molecule has 2 fully saturated rings. The minimum absolute atomic E-state index is 0. The zero-order valence-electron chi connectivity index (χ0n) is 14.6. The van der Waals surface area contributed by atoms with Gasteiger partial charge in [-0.25, -0.2) is 0 Å². The van der Waals surface area contributed by atoms with Gasteiger partial charge in [0.05, 0.1) is 0 Å². The molecule has 134 valence electrons. The number of nitrogens with zero attached hydrogens (tertiary/aromatic N) is 2. The molecule has 0 spiro atoms. The molecule has 0 aromatic carbocycles. The van der Waals surface area contributed by atoms with E-state index < -0.39 is 0 Å². The van der Waals surface area contributed by atoms with E-state index in [0.29, 0.717) is 51.0 Å². The fraction of sp³-hybridized carbons (Fsp3) is 0.882. The van der Waals surface area contributed by atoms with Gasteiger partial charge in [0, 0.05) is 45.1 Å². The van der Waals surface area contributed by atoms with Gasteiger partial charge in [-0.1, -0.05) is 26.2 Å². The van der Waals surface area contributed by atoms with E-state index in [4.69, 9.17) is 0 Å². The van der Waals surface area contributed by atoms with Crippen LogP contribution in [0.2, 0.25) is 0 Å². The third-order valence-corrected chi connectivity index (χ3v) is 5.06. The largest absolute Gasteiger partial charge is 0.339 e. The molecule has 5 nitrogen and oxygen atoms in total. The Morgan fingerprint density at radius 2 is 1.61 bits per heavy atom. The van der Waals surface area contributed by atoms with E-state index in [1.807, 2.05) is 23.8 Å². The maximum Gasteiger partial charge on any atom is 0.226 e. The highest BCUT2D eigenvalue weighted by Crippen LogP contribution is 2.27. The molecule has 1 N–H and O–H groups in total. The van der Waals surface area contributed by atoms with Crippen molar-refractivity contribution in [3.05, 3.63) is 0 Å². The van der Waals surface area contributed by atoms with E-state index in [2.05, 4.69) is 5.32 Å². The van der Waals surface area contributed by atoms with Crippen molar-refractivity contribution in [1.82, 2.24) is 15.1 Å². The Morgan fingerprint density at radius 3 is 2.17 bits per heavy atom. The van der Waals surface area contributed by atoms with Crippen LogP contribution in [0.15, 0.2) is 0 Å². The van der Waals surface area contributed by atoms with Gasteiger partial charge in [-0.05, 0) is 25.8 Å². The minimum atomic E-state index is 0. The van der Waals surface area contributed by atoms with Crippen molar-refractivity contribution in [2.24, 2.45) is 11.8 Å². The standard InChI is InChI=1S/C17H31N3O2.ClH/c1-14(13-18-2)17(22)20-10-8-19(9-11-20)16(21)12-15-6-4-3-5-7-15;/h14-15,18H,3-13H2,1-2H3;1H. The molecular weight excluding hydrogens is 314 g/mol. The monoisotopic (exact) mass is 345 g/mol. The summed E-state index contributed by atoms with van der Waals surface area (Å²) in [5.74, 6) is 1.10. The van der Waals surface area contributed by atoms with E-state index in [9.17, 15) is 9.59 Å². The van der Waals surface area contributed by atoms with Gasteiger partial charge in [-0.2, -0.15) is 0 Å². The summed E-state index contributed by atoms with van der Waals surface area (Å²) < 4.78 is 0. The molecule has 6 heteroatoms. The van der Waals surface area contributed by atoms with Gasteiger partial charge in [0.1, 0.15) is 0 Å². The fourth-order valence-corrected chi connectivity index (χ4v) is 3.65. The van der Waals surface area contributed by atoms with Crippen LogP contribution in [0.5, 0.6) is 0 Å². The molecular formula is C17H32ClN3O2. The highest BCUT2D eigenvalue weighted by atomic mass is 35.5. The number of carbonyl (C=O) groups is 2. The Bertz CT molecular complexity index is 378. The number of nitrogens with one attached hydrogen (secondary N) is 1. The van der Waals surface area contributed by atoms with Crippen molar-refractivity contribution in [2.45, 2.75) is 45.4 Å². The molecule has 0 radical (unpaired) electrons. The lowest BCUT2D eigenvalue weighted by Crippen LogP contribution is -2.52. The molecule has 1 saturated heterocycles. The highest BCUT2D eigenvalue weighted by Gasteiger charge is 2.27. The first kappa shape index (κ1) is 20.2. The molecule has 1 heterocycles. The molecule has 23 heavy (non-hydrogen) atoms. The zero-order valence-corrected chi connectivity index (χ0v) is 15.4. The predicted octanol–water partition coefficient (Wildman–Crippen LogP) is 1.90. The van der Waals surface area contributed by atoms with Gasteiger partial charge in [0.2, 0.25) is 11.8 Å². The van der Waals surface area contributed by atoms with Crippen LogP contribution < -0.4 is 5.32 Å². The molecule has 2 rings (SSSR count). The SMILES string of the molecule is CNCC(C)C(=O)N1CCN(C(=O)CC2CCCCC2)CC1.Cl. The highest BCUT2D eigenvalue weighted by molar-refractivity contribution is 5.85. The number of carbonyl (C=O) groups excluding carboxylic acids is 2. The van der Waals surface area contributed by atoms with E-state index in [-0.39, 0.29) is 24.2 Å². The minimum Gasteiger partial charge on any atom is -0.339 e. The number of piperazine rings is 1. The van der Waals surface area contributed by atoms with Crippen LogP contribution in [0.4, 0.5) is 0 Å². The van der Waals surface area contributed by atoms with Crippen LogP contribution in [-0.4, -0.2) is 61.4 Å². The summed E-state index contributed by atoms with van der Waals surface area (Å²) in [6.07, 6.45) is 7.03. The first-order valence-corrected chi connectivity index (χ1v) is 8.83. The summed E-state index contributed by atoms with van der Waals surface area (Å²) >= 11 is 0. The summed E-state index contributed by atoms with van der Waals surface area (Å²) in [7, 11) is 1.87.